The summed E-state index contributed by atoms with van der Waals surface area (Å²) in [5, 5.41) is 21.5. The molecule has 0 fully saturated rings. The summed E-state index contributed by atoms with van der Waals surface area (Å²) in [6.45, 7) is 1.77. The molecule has 0 aliphatic heterocycles. The molecule has 0 N–H and O–H groups in total. The fraction of sp³-hybridized carbons (Fsp3) is 0.267. The molecule has 0 amide bonds. The minimum absolute atomic E-state index is 0.0301. The topological polar surface area (TPSA) is 89.5 Å². The lowest BCUT2D eigenvalue weighted by atomic mass is 10.1. The van der Waals surface area contributed by atoms with Crippen molar-refractivity contribution in [3.63, 3.8) is 0 Å². The summed E-state index contributed by atoms with van der Waals surface area (Å²) in [6, 6.07) is 8.56. The third-order valence-electron chi connectivity index (χ3n) is 4.01. The van der Waals surface area contributed by atoms with Crippen LogP contribution < -0.4 is 4.90 Å². The normalized spacial score (nSPS) is 13.0. The quantitative estimate of drug-likeness (QED) is 0.520. The molecule has 3 aromatic rings. The van der Waals surface area contributed by atoms with Crippen molar-refractivity contribution in [2.45, 2.75) is 19.1 Å². The first-order valence-electron chi connectivity index (χ1n) is 7.45. The van der Waals surface area contributed by atoms with Crippen molar-refractivity contribution in [3.8, 4) is 0 Å². The Morgan fingerprint density at radius 3 is 2.62 bits per heavy atom. The fourth-order valence-corrected chi connectivity index (χ4v) is 2.46. The highest BCUT2D eigenvalue weighted by Gasteiger charge is 2.37. The number of alkyl halides is 3. The van der Waals surface area contributed by atoms with Gasteiger partial charge in [0.2, 0.25) is 0 Å². The average molecular weight is 366 g/mol. The third-order valence-corrected chi connectivity index (χ3v) is 4.01. The van der Waals surface area contributed by atoms with Crippen LogP contribution in [-0.2, 0) is 6.18 Å². The number of halogens is 3. The number of hydrogen-bond donors (Lipinski definition) is 0. The van der Waals surface area contributed by atoms with Crippen molar-refractivity contribution in [2.24, 2.45) is 0 Å². The zero-order valence-corrected chi connectivity index (χ0v) is 13.7. The number of fused-ring (bicyclic) bond motifs is 1. The molecule has 0 aliphatic carbocycles. The molecule has 26 heavy (non-hydrogen) atoms. The van der Waals surface area contributed by atoms with E-state index in [9.17, 15) is 23.3 Å². The second-order valence-corrected chi connectivity index (χ2v) is 5.62. The smallest absolute Gasteiger partial charge is 0.351 e. The van der Waals surface area contributed by atoms with Gasteiger partial charge in [0.05, 0.1) is 11.0 Å². The second kappa shape index (κ2) is 6.24. The second-order valence-electron chi connectivity index (χ2n) is 5.62. The van der Waals surface area contributed by atoms with Crippen molar-refractivity contribution in [2.75, 3.05) is 11.9 Å². The van der Waals surface area contributed by atoms with Gasteiger partial charge in [-0.25, -0.2) is 0 Å². The molecule has 1 atom stereocenters. The Bertz CT molecular complexity index is 971. The molecule has 2 aromatic heterocycles. The zero-order chi connectivity index (χ0) is 19.1. The monoisotopic (exact) mass is 366 g/mol. The Morgan fingerprint density at radius 2 is 1.96 bits per heavy atom. The summed E-state index contributed by atoms with van der Waals surface area (Å²) in [5.41, 5.74) is 0.533. The maximum Gasteiger partial charge on any atom is 0.453 e. The summed E-state index contributed by atoms with van der Waals surface area (Å²) in [6.07, 6.45) is -4.69. The largest absolute Gasteiger partial charge is 0.453 e. The summed E-state index contributed by atoms with van der Waals surface area (Å²) >= 11 is 0. The van der Waals surface area contributed by atoms with Gasteiger partial charge in [0.1, 0.15) is 5.82 Å². The van der Waals surface area contributed by atoms with Gasteiger partial charge in [-0.05, 0) is 24.6 Å². The molecule has 0 unspecified atom stereocenters. The molecule has 0 radical (unpaired) electrons. The minimum atomic E-state index is -4.69. The van der Waals surface area contributed by atoms with Crippen molar-refractivity contribution in [1.29, 1.82) is 0 Å². The predicted molar refractivity (Wildman–Crippen MR) is 85.7 cm³/mol. The van der Waals surface area contributed by atoms with Crippen LogP contribution in [-0.4, -0.2) is 31.8 Å². The Labute approximate surface area is 145 Å². The lowest BCUT2D eigenvalue weighted by Crippen LogP contribution is -2.24. The number of non-ortho nitro benzene ring substituents is 1. The van der Waals surface area contributed by atoms with Crippen molar-refractivity contribution in [3.05, 3.63) is 57.9 Å². The van der Waals surface area contributed by atoms with Crippen LogP contribution in [0.5, 0.6) is 0 Å². The van der Waals surface area contributed by atoms with Gasteiger partial charge in [0, 0.05) is 19.2 Å². The van der Waals surface area contributed by atoms with E-state index in [0.29, 0.717) is 10.1 Å². The highest BCUT2D eigenvalue weighted by molar-refractivity contribution is 5.48. The Morgan fingerprint density at radius 1 is 1.23 bits per heavy atom. The Kier molecular flexibility index (Phi) is 4.22. The van der Waals surface area contributed by atoms with Crippen molar-refractivity contribution >= 4 is 17.2 Å². The summed E-state index contributed by atoms with van der Waals surface area (Å²) < 4.78 is 39.6. The number of nitro benzene ring substituents is 1. The first-order chi connectivity index (χ1) is 12.2. The van der Waals surface area contributed by atoms with E-state index < -0.39 is 16.9 Å². The van der Waals surface area contributed by atoms with Crippen LogP contribution in [0, 0.1) is 10.1 Å². The van der Waals surface area contributed by atoms with Crippen LogP contribution in [0.25, 0.3) is 5.65 Å². The van der Waals surface area contributed by atoms with Gasteiger partial charge >= 0.3 is 6.18 Å². The van der Waals surface area contributed by atoms with E-state index in [-0.39, 0.29) is 23.2 Å². The Hall–Kier alpha value is -3.24. The van der Waals surface area contributed by atoms with Crippen LogP contribution in [0.3, 0.4) is 0 Å². The molecular weight excluding hydrogens is 353 g/mol. The predicted octanol–water partition coefficient (Wildman–Crippen LogP) is 3.25. The highest BCUT2D eigenvalue weighted by Crippen LogP contribution is 2.29. The van der Waals surface area contributed by atoms with Gasteiger partial charge in [-0.2, -0.15) is 17.7 Å². The van der Waals surface area contributed by atoms with Gasteiger partial charge in [0.15, 0.2) is 5.65 Å². The molecule has 0 aliphatic rings. The average Bonchev–Trinajstić information content (AvgIpc) is 3.04. The van der Waals surface area contributed by atoms with Crippen molar-refractivity contribution < 1.29 is 18.1 Å². The van der Waals surface area contributed by atoms with Gasteiger partial charge < -0.3 is 4.90 Å². The number of aromatic nitrogens is 4. The minimum Gasteiger partial charge on any atom is -0.351 e. The van der Waals surface area contributed by atoms with E-state index >= 15 is 0 Å². The van der Waals surface area contributed by atoms with Gasteiger partial charge in [-0.1, -0.05) is 12.1 Å². The van der Waals surface area contributed by atoms with Crippen molar-refractivity contribution in [1.82, 2.24) is 19.8 Å². The molecule has 3 rings (SSSR count). The van der Waals surface area contributed by atoms with Crippen LogP contribution in [0.2, 0.25) is 0 Å². The number of hydrogen-bond acceptors (Lipinski definition) is 6. The third kappa shape index (κ3) is 3.15. The summed E-state index contributed by atoms with van der Waals surface area (Å²) in [4.78, 5) is 12.0. The van der Waals surface area contributed by atoms with Gasteiger partial charge in [-0.15, -0.1) is 15.3 Å². The maximum atomic E-state index is 13.0. The van der Waals surface area contributed by atoms with E-state index in [1.807, 2.05) is 0 Å². The Balaban J connectivity index is 1.97. The molecular formula is C15H13F3N6O2. The molecule has 136 valence electrons. The molecule has 2 heterocycles. The summed E-state index contributed by atoms with van der Waals surface area (Å²) in [5.74, 6) is -0.979. The standard InChI is InChI=1S/C15H13F3N6O2/c1-9(10-4-3-5-11(8-10)24(25)26)22(2)13-7-6-12-19-20-14(15(16,17)18)23(12)21-13/h3-9H,1-2H3/t9-/m1/s1. The van der Waals surface area contributed by atoms with Crippen LogP contribution >= 0.6 is 0 Å². The van der Waals surface area contributed by atoms with Crippen LogP contribution in [0.4, 0.5) is 24.7 Å². The highest BCUT2D eigenvalue weighted by atomic mass is 19.4. The number of nitrogens with zero attached hydrogens (tertiary/aromatic N) is 6. The molecule has 0 saturated heterocycles. The van der Waals surface area contributed by atoms with E-state index in [1.165, 1.54) is 24.3 Å². The number of rotatable bonds is 4. The van der Waals surface area contributed by atoms with E-state index in [0.717, 1.165) is 0 Å². The fourth-order valence-electron chi connectivity index (χ4n) is 2.46. The number of benzene rings is 1. The first kappa shape index (κ1) is 17.6. The lowest BCUT2D eigenvalue weighted by molar-refractivity contribution is -0.384. The molecule has 8 nitrogen and oxygen atoms in total. The number of nitro groups is 1. The first-order valence-corrected chi connectivity index (χ1v) is 7.45. The maximum absolute atomic E-state index is 13.0. The molecule has 0 spiro atoms. The molecule has 1 aromatic carbocycles. The van der Waals surface area contributed by atoms with Gasteiger partial charge in [0.25, 0.3) is 11.5 Å². The van der Waals surface area contributed by atoms with E-state index in [1.54, 1.807) is 31.0 Å². The van der Waals surface area contributed by atoms with Gasteiger partial charge in [-0.3, -0.25) is 10.1 Å². The zero-order valence-electron chi connectivity index (χ0n) is 13.7. The lowest BCUT2D eigenvalue weighted by Gasteiger charge is -2.26. The SMILES string of the molecule is C[C@H](c1cccc([N+](=O)[O-])c1)N(C)c1ccc2nnc(C(F)(F)F)n2n1. The van der Waals surface area contributed by atoms with Crippen LogP contribution in [0.15, 0.2) is 36.4 Å². The van der Waals surface area contributed by atoms with E-state index in [4.69, 9.17) is 0 Å². The summed E-state index contributed by atoms with van der Waals surface area (Å²) in [7, 11) is 1.63. The van der Waals surface area contributed by atoms with E-state index in [2.05, 4.69) is 15.3 Å². The molecule has 0 bridgehead atoms. The number of anilines is 1. The van der Waals surface area contributed by atoms with Crippen LogP contribution in [0.1, 0.15) is 24.4 Å². The molecule has 0 saturated carbocycles. The molecule has 11 heteroatoms.